The van der Waals surface area contributed by atoms with Gasteiger partial charge in [-0.1, -0.05) is 69.1 Å². The van der Waals surface area contributed by atoms with E-state index in [1.807, 2.05) is 18.2 Å². The van der Waals surface area contributed by atoms with E-state index >= 15 is 0 Å². The van der Waals surface area contributed by atoms with Crippen molar-refractivity contribution in [2.75, 3.05) is 0 Å². The van der Waals surface area contributed by atoms with E-state index < -0.39 is 5.97 Å². The molecule has 0 spiro atoms. The van der Waals surface area contributed by atoms with E-state index in [-0.39, 0.29) is 12.3 Å². The maximum Gasteiger partial charge on any atom is 0.303 e. The zero-order chi connectivity index (χ0) is 16.5. The minimum Gasteiger partial charge on any atom is -0.481 e. The van der Waals surface area contributed by atoms with Crippen LogP contribution >= 0.6 is 0 Å². The highest BCUT2D eigenvalue weighted by Crippen LogP contribution is 2.13. The van der Waals surface area contributed by atoms with Crippen LogP contribution in [-0.2, 0) is 4.79 Å². The normalized spacial score (nSPS) is 13.1. The molecule has 3 heteroatoms. The minimum atomic E-state index is -0.715. The summed E-state index contributed by atoms with van der Waals surface area (Å²) in [4.78, 5) is 10.4. The first kappa shape index (κ1) is 20.2. The zero-order valence-corrected chi connectivity index (χ0v) is 13.7. The number of carboxylic acid groups (broad SMARTS) is 1. The molecule has 0 radical (unpaired) electrons. The van der Waals surface area contributed by atoms with Crippen LogP contribution in [0.1, 0.15) is 64.7 Å². The molecule has 122 valence electrons. The highest BCUT2D eigenvalue weighted by atomic mass is 16.4. The third-order valence-corrected chi connectivity index (χ3v) is 3.34. The molecule has 0 saturated carbocycles. The highest BCUT2D eigenvalue weighted by Gasteiger charge is 2.02. The zero-order valence-electron chi connectivity index (χ0n) is 13.7. The standard InChI is InChI=1S/C19H29NO2/c1-2-3-4-5-6-8-11-14-18(17-20)15-12-9-7-10-13-16-19(21)22/h3-4,6,8,11,14,18H,2,5,7,9-10,12-13,15-16H2,1H3,(H,21,22)/b4-3-,8-6-,14-11+/t18-/m0/s1. The van der Waals surface area contributed by atoms with Crippen LogP contribution in [0, 0.1) is 17.2 Å². The fourth-order valence-corrected chi connectivity index (χ4v) is 2.07. The molecule has 3 nitrogen and oxygen atoms in total. The molecule has 0 fully saturated rings. The number of allylic oxidation sites excluding steroid dienone is 6. The van der Waals surface area contributed by atoms with Crippen molar-refractivity contribution in [2.45, 2.75) is 64.7 Å². The van der Waals surface area contributed by atoms with Gasteiger partial charge >= 0.3 is 5.97 Å². The van der Waals surface area contributed by atoms with Gasteiger partial charge in [0.15, 0.2) is 0 Å². The van der Waals surface area contributed by atoms with Crippen LogP contribution in [0.4, 0.5) is 0 Å². The summed E-state index contributed by atoms with van der Waals surface area (Å²) in [6.07, 6.45) is 20.3. The average Bonchev–Trinajstić information content (AvgIpc) is 2.50. The van der Waals surface area contributed by atoms with Crippen molar-refractivity contribution in [3.05, 3.63) is 36.5 Å². The monoisotopic (exact) mass is 303 g/mol. The number of nitriles is 1. The molecule has 0 saturated heterocycles. The van der Waals surface area contributed by atoms with Gasteiger partial charge in [-0.05, 0) is 25.7 Å². The molecule has 0 aliphatic heterocycles. The first-order valence-electron chi connectivity index (χ1n) is 8.30. The van der Waals surface area contributed by atoms with Crippen molar-refractivity contribution in [1.29, 1.82) is 5.26 Å². The van der Waals surface area contributed by atoms with Crippen LogP contribution in [0.5, 0.6) is 0 Å². The Morgan fingerprint density at radius 2 is 1.82 bits per heavy atom. The SMILES string of the molecule is CC/C=C\C/C=C\C=C\[C@H](C#N)CCCCCCCC(=O)O. The lowest BCUT2D eigenvalue weighted by Gasteiger charge is -2.03. The van der Waals surface area contributed by atoms with Crippen molar-refractivity contribution < 1.29 is 9.90 Å². The van der Waals surface area contributed by atoms with E-state index in [9.17, 15) is 4.79 Å². The van der Waals surface area contributed by atoms with Crippen molar-refractivity contribution in [1.82, 2.24) is 0 Å². The highest BCUT2D eigenvalue weighted by molar-refractivity contribution is 5.66. The van der Waals surface area contributed by atoms with Gasteiger partial charge in [0.2, 0.25) is 0 Å². The summed E-state index contributed by atoms with van der Waals surface area (Å²) in [5, 5.41) is 17.6. The van der Waals surface area contributed by atoms with E-state index in [2.05, 4.69) is 31.2 Å². The smallest absolute Gasteiger partial charge is 0.303 e. The summed E-state index contributed by atoms with van der Waals surface area (Å²) in [5.74, 6) is -0.734. The maximum atomic E-state index is 10.4. The summed E-state index contributed by atoms with van der Waals surface area (Å²) >= 11 is 0. The lowest BCUT2D eigenvalue weighted by atomic mass is 10.0. The summed E-state index contributed by atoms with van der Waals surface area (Å²) < 4.78 is 0. The predicted octanol–water partition coefficient (Wildman–Crippen LogP) is 5.41. The van der Waals surface area contributed by atoms with Crippen LogP contribution in [-0.4, -0.2) is 11.1 Å². The third kappa shape index (κ3) is 14.6. The number of unbranched alkanes of at least 4 members (excludes halogenated alkanes) is 4. The van der Waals surface area contributed by atoms with Crippen LogP contribution in [0.3, 0.4) is 0 Å². The number of hydrogen-bond acceptors (Lipinski definition) is 2. The number of rotatable bonds is 13. The topological polar surface area (TPSA) is 61.1 Å². The molecule has 0 aromatic heterocycles. The van der Waals surface area contributed by atoms with E-state index in [1.54, 1.807) is 0 Å². The molecular weight excluding hydrogens is 274 g/mol. The molecule has 1 N–H and O–H groups in total. The van der Waals surface area contributed by atoms with Gasteiger partial charge in [-0.2, -0.15) is 5.26 Å². The molecule has 0 aromatic carbocycles. The van der Waals surface area contributed by atoms with Gasteiger partial charge in [0.1, 0.15) is 0 Å². The van der Waals surface area contributed by atoms with Gasteiger partial charge < -0.3 is 5.11 Å². The Morgan fingerprint density at radius 3 is 2.50 bits per heavy atom. The Kier molecular flexibility index (Phi) is 14.3. The summed E-state index contributed by atoms with van der Waals surface area (Å²) in [6, 6.07) is 2.32. The largest absolute Gasteiger partial charge is 0.481 e. The van der Waals surface area contributed by atoms with Crippen LogP contribution < -0.4 is 0 Å². The first-order chi connectivity index (χ1) is 10.7. The Labute approximate surface area is 135 Å². The molecule has 0 aromatic rings. The molecule has 0 heterocycles. The molecular formula is C19H29NO2. The van der Waals surface area contributed by atoms with Gasteiger partial charge in [-0.15, -0.1) is 0 Å². The number of hydrogen-bond donors (Lipinski definition) is 1. The number of nitrogens with zero attached hydrogens (tertiary/aromatic N) is 1. The van der Waals surface area contributed by atoms with E-state index in [0.717, 1.165) is 51.4 Å². The van der Waals surface area contributed by atoms with Crippen molar-refractivity contribution >= 4 is 5.97 Å². The Balaban J connectivity index is 3.68. The van der Waals surface area contributed by atoms with Gasteiger partial charge in [0.05, 0.1) is 12.0 Å². The summed E-state index contributed by atoms with van der Waals surface area (Å²) in [6.45, 7) is 2.11. The van der Waals surface area contributed by atoms with Crippen LogP contribution in [0.15, 0.2) is 36.5 Å². The average molecular weight is 303 g/mol. The minimum absolute atomic E-state index is 0.0187. The lowest BCUT2D eigenvalue weighted by molar-refractivity contribution is -0.137. The summed E-state index contributed by atoms with van der Waals surface area (Å²) in [5.41, 5.74) is 0. The number of carboxylic acids is 1. The Bertz CT molecular complexity index is 402. The van der Waals surface area contributed by atoms with Crippen LogP contribution in [0.2, 0.25) is 0 Å². The second kappa shape index (κ2) is 15.6. The molecule has 22 heavy (non-hydrogen) atoms. The van der Waals surface area contributed by atoms with Crippen molar-refractivity contribution in [2.24, 2.45) is 5.92 Å². The van der Waals surface area contributed by atoms with E-state index in [4.69, 9.17) is 10.4 Å². The third-order valence-electron chi connectivity index (χ3n) is 3.34. The quantitative estimate of drug-likeness (QED) is 0.281. The Hall–Kier alpha value is -1.82. The van der Waals surface area contributed by atoms with Gasteiger partial charge in [-0.3, -0.25) is 4.79 Å². The fraction of sp³-hybridized carbons (Fsp3) is 0.579. The molecule has 0 aliphatic carbocycles. The van der Waals surface area contributed by atoms with Crippen molar-refractivity contribution in [3.63, 3.8) is 0 Å². The first-order valence-corrected chi connectivity index (χ1v) is 8.30. The van der Waals surface area contributed by atoms with Crippen molar-refractivity contribution in [3.8, 4) is 6.07 Å². The predicted molar refractivity (Wildman–Crippen MR) is 91.4 cm³/mol. The molecule has 0 rings (SSSR count). The maximum absolute atomic E-state index is 10.4. The van der Waals surface area contributed by atoms with E-state index in [1.165, 1.54) is 0 Å². The molecule has 0 unspecified atom stereocenters. The summed E-state index contributed by atoms with van der Waals surface area (Å²) in [7, 11) is 0. The molecule has 1 atom stereocenters. The van der Waals surface area contributed by atoms with Gasteiger partial charge in [0.25, 0.3) is 0 Å². The second-order valence-electron chi connectivity index (χ2n) is 5.36. The molecule has 0 bridgehead atoms. The fourth-order valence-electron chi connectivity index (χ4n) is 2.07. The van der Waals surface area contributed by atoms with E-state index in [0.29, 0.717) is 0 Å². The molecule has 0 amide bonds. The number of aliphatic carboxylic acids is 1. The van der Waals surface area contributed by atoms with Gasteiger partial charge in [0, 0.05) is 6.42 Å². The van der Waals surface area contributed by atoms with Gasteiger partial charge in [-0.25, -0.2) is 0 Å². The number of carbonyl (C=O) groups is 1. The van der Waals surface area contributed by atoms with Crippen LogP contribution in [0.25, 0.3) is 0 Å². The molecule has 0 aliphatic rings. The lowest BCUT2D eigenvalue weighted by Crippen LogP contribution is -1.94. The Morgan fingerprint density at radius 1 is 1.09 bits per heavy atom. The second-order valence-corrected chi connectivity index (χ2v) is 5.36.